The second kappa shape index (κ2) is 265. The van der Waals surface area contributed by atoms with Crippen LogP contribution in [-0.4, -0.2) is 69.5 Å². The largest absolute Gasteiger partial charge is 6.00 e. The first kappa shape index (κ1) is 43.9. The van der Waals surface area contributed by atoms with Crippen molar-refractivity contribution in [3.05, 3.63) is 0 Å². The predicted octanol–water partition coefficient (Wildman–Crippen LogP) is -2.33. The minimum atomic E-state index is 0. The topological polar surface area (TPSA) is 224 Å². The molecule has 0 saturated carbocycles. The third-order valence-electron chi connectivity index (χ3n) is 0. The van der Waals surface area contributed by atoms with Crippen molar-refractivity contribution in [3.63, 3.8) is 0 Å². The average molecular weight is 454 g/mol. The van der Waals surface area contributed by atoms with Crippen LogP contribution in [0.2, 0.25) is 0 Å². The maximum Gasteiger partial charge on any atom is 6.00 e. The molecule has 0 aliphatic rings. The van der Waals surface area contributed by atoms with Gasteiger partial charge in [-0.1, -0.05) is 38.8 Å². The van der Waals surface area contributed by atoms with Crippen LogP contribution < -0.4 is 0 Å². The Morgan fingerprint density at radius 2 is 0.368 bits per heavy atom. The van der Waals surface area contributed by atoms with Crippen LogP contribution in [0.3, 0.4) is 0 Å². The molecule has 0 saturated heterocycles. The molecule has 0 aliphatic carbocycles. The summed E-state index contributed by atoms with van der Waals surface area (Å²) in [7, 11) is 0. The Hall–Kier alpha value is -2.49. The molecule has 0 aliphatic heterocycles. The normalized spacial score (nSPS) is 3.79. The van der Waals surface area contributed by atoms with Crippen molar-refractivity contribution in [2.45, 2.75) is 0 Å². The molecule has 19 heavy (non-hydrogen) atoms. The van der Waals surface area contributed by atoms with Crippen LogP contribution in [0.5, 0.6) is 0 Å². The minimum absolute atomic E-state index is 0. The summed E-state index contributed by atoms with van der Waals surface area (Å²) >= 11 is 0. The molecular formula is C6H6O12W. The van der Waals surface area contributed by atoms with Crippen molar-refractivity contribution in [1.82, 2.24) is 0 Å². The fourth-order valence-corrected chi connectivity index (χ4v) is 0. The van der Waals surface area contributed by atoms with E-state index in [-0.39, 0.29) is 21.1 Å². The fraction of sp³-hybridized carbons (Fsp3) is 0. The van der Waals surface area contributed by atoms with Gasteiger partial charge in [0.25, 0.3) is 0 Å². The van der Waals surface area contributed by atoms with Crippen LogP contribution in [0.25, 0.3) is 0 Å². The quantitative estimate of drug-likeness (QED) is 0.212. The standard InChI is InChI=1S/6CHO2.W/c6*2-1-3;/h6*(H,2,3);/q6*-1;+6. The summed E-state index contributed by atoms with van der Waals surface area (Å²) in [6.07, 6.45) is 0. The van der Waals surface area contributed by atoms with E-state index in [1.54, 1.807) is 0 Å². The van der Waals surface area contributed by atoms with Gasteiger partial charge in [-0.2, -0.15) is 0 Å². The number of rotatable bonds is 0. The SMILES string of the molecule is O=[C-]O.O=[C-]O.O=[C-]O.O=[C-]O.O=[C-]O.O=[C-]O.[W+6]. The zero-order valence-corrected chi connectivity index (χ0v) is 11.5. The number of hydrogen-bond donors (Lipinski definition) is 6. The molecule has 0 heterocycles. The van der Waals surface area contributed by atoms with E-state index < -0.39 is 0 Å². The fourth-order valence-electron chi connectivity index (χ4n) is 0. The maximum absolute atomic E-state index is 8.24. The zero-order chi connectivity index (χ0) is 16.2. The molecule has 0 aromatic rings. The van der Waals surface area contributed by atoms with Crippen molar-refractivity contribution >= 4 is 38.8 Å². The van der Waals surface area contributed by atoms with Gasteiger partial charge >= 0.3 is 21.1 Å². The van der Waals surface area contributed by atoms with E-state index in [0.29, 0.717) is 38.8 Å². The van der Waals surface area contributed by atoms with Gasteiger partial charge in [0, 0.05) is 0 Å². The third-order valence-corrected chi connectivity index (χ3v) is 0. The Balaban J connectivity index is -0.0000000180. The van der Waals surface area contributed by atoms with Gasteiger partial charge < -0.3 is 59.4 Å². The summed E-state index contributed by atoms with van der Waals surface area (Å²) in [6, 6.07) is 0. The van der Waals surface area contributed by atoms with Gasteiger partial charge in [-0.15, -0.1) is 0 Å². The van der Waals surface area contributed by atoms with E-state index in [2.05, 4.69) is 0 Å². The monoisotopic (exact) mass is 454 g/mol. The van der Waals surface area contributed by atoms with E-state index in [0.717, 1.165) is 0 Å². The predicted molar refractivity (Wildman–Crippen MR) is 49.9 cm³/mol. The maximum atomic E-state index is 8.24. The van der Waals surface area contributed by atoms with Crippen molar-refractivity contribution < 1.29 is 80.5 Å². The van der Waals surface area contributed by atoms with Gasteiger partial charge in [-0.3, -0.25) is 0 Å². The molecule has 0 unspecified atom stereocenters. The Kier molecular flexibility index (Phi) is 613. The van der Waals surface area contributed by atoms with Gasteiger partial charge in [0.15, 0.2) is 0 Å². The average Bonchev–Trinajstić information content (AvgIpc) is 2.23. The van der Waals surface area contributed by atoms with E-state index in [1.165, 1.54) is 0 Å². The molecule has 0 rings (SSSR count). The molecule has 13 heteroatoms. The van der Waals surface area contributed by atoms with E-state index in [4.69, 9.17) is 59.4 Å². The molecule has 12 nitrogen and oxygen atoms in total. The second-order valence-corrected chi connectivity index (χ2v) is 0.548. The van der Waals surface area contributed by atoms with Gasteiger partial charge in [0.05, 0.1) is 0 Å². The van der Waals surface area contributed by atoms with Crippen LogP contribution in [0.1, 0.15) is 0 Å². The second-order valence-electron chi connectivity index (χ2n) is 0.548. The van der Waals surface area contributed by atoms with Crippen LogP contribution in [0, 0.1) is 0 Å². The van der Waals surface area contributed by atoms with Crippen LogP contribution >= 0.6 is 0 Å². The summed E-state index contributed by atoms with van der Waals surface area (Å²) in [5.41, 5.74) is 0. The summed E-state index contributed by atoms with van der Waals surface area (Å²) < 4.78 is 0. The third kappa shape index (κ3) is 456. The van der Waals surface area contributed by atoms with Crippen LogP contribution in [0.15, 0.2) is 0 Å². The zero-order valence-electron chi connectivity index (χ0n) is 8.54. The summed E-state index contributed by atoms with van der Waals surface area (Å²) in [5.74, 6) is 0. The van der Waals surface area contributed by atoms with Crippen LogP contribution in [0.4, 0.5) is 0 Å². The van der Waals surface area contributed by atoms with Gasteiger partial charge in [-0.25, -0.2) is 0 Å². The van der Waals surface area contributed by atoms with E-state index in [9.17, 15) is 0 Å². The first-order valence-corrected chi connectivity index (χ1v) is 2.57. The first-order chi connectivity index (χ1) is 8.49. The Bertz CT molecular complexity index is 114. The molecule has 0 radical (unpaired) electrons. The first-order valence-electron chi connectivity index (χ1n) is 2.57. The molecule has 0 atom stereocenters. The minimum Gasteiger partial charge on any atom is -0.665 e. The van der Waals surface area contributed by atoms with E-state index in [1.807, 2.05) is 0 Å². The number of hydrogen-bond acceptors (Lipinski definition) is 6. The Morgan fingerprint density at radius 3 is 0.368 bits per heavy atom. The van der Waals surface area contributed by atoms with E-state index >= 15 is 0 Å². The van der Waals surface area contributed by atoms with Crippen molar-refractivity contribution in [2.75, 3.05) is 0 Å². The van der Waals surface area contributed by atoms with Gasteiger partial charge in [0.1, 0.15) is 0 Å². The molecule has 0 bridgehead atoms. The smallest absolute Gasteiger partial charge is 0.665 e. The van der Waals surface area contributed by atoms with Gasteiger partial charge in [0.2, 0.25) is 0 Å². The Morgan fingerprint density at radius 1 is 0.368 bits per heavy atom. The molecule has 0 fully saturated rings. The molecular weight excluding hydrogens is 448 g/mol. The molecule has 108 valence electrons. The molecule has 0 spiro atoms. The van der Waals surface area contributed by atoms with Gasteiger partial charge in [-0.05, 0) is 0 Å². The van der Waals surface area contributed by atoms with Crippen LogP contribution in [-0.2, 0) is 49.8 Å². The summed E-state index contributed by atoms with van der Waals surface area (Å²) in [5, 5.41) is 40.6. The molecule has 0 aromatic heterocycles. The summed E-state index contributed by atoms with van der Waals surface area (Å²) in [4.78, 5) is 49.4. The Labute approximate surface area is 120 Å². The van der Waals surface area contributed by atoms with Crippen molar-refractivity contribution in [3.8, 4) is 0 Å². The molecule has 0 aromatic carbocycles. The summed E-state index contributed by atoms with van der Waals surface area (Å²) in [6.45, 7) is 3.00. The van der Waals surface area contributed by atoms with Crippen molar-refractivity contribution in [1.29, 1.82) is 0 Å². The van der Waals surface area contributed by atoms with Crippen molar-refractivity contribution in [2.24, 2.45) is 0 Å². The molecule has 6 N–H and O–H groups in total. The number of aliphatic hydroxyl groups excluding tert-OH is 6. The molecule has 0 amide bonds.